The van der Waals surface area contributed by atoms with Crippen LogP contribution in [0.1, 0.15) is 44.1 Å². The Morgan fingerprint density at radius 2 is 1.87 bits per heavy atom. The number of hydrogen-bond acceptors (Lipinski definition) is 8. The van der Waals surface area contributed by atoms with E-state index in [1.54, 1.807) is 11.7 Å². The Morgan fingerprint density at radius 1 is 1.09 bits per heavy atom. The number of hydrogen-bond donors (Lipinski definition) is 2. The molecule has 0 saturated carbocycles. The number of nitrogens with zero attached hydrogens (tertiary/aromatic N) is 4. The number of ether oxygens (including phenoxy) is 3. The van der Waals surface area contributed by atoms with Crippen LogP contribution in [-0.2, 0) is 16.1 Å². The number of fused-ring (bicyclic) bond motifs is 2. The third kappa shape index (κ3) is 7.15. The van der Waals surface area contributed by atoms with Crippen LogP contribution in [0.5, 0.6) is 23.1 Å². The number of methoxy groups -OCH3 is 1. The molecular weight excluding hydrogens is 576 g/mol. The van der Waals surface area contributed by atoms with Crippen LogP contribution in [0.15, 0.2) is 42.6 Å². The number of carboxylic acids is 1. The molecule has 2 aliphatic rings. The Morgan fingerprint density at radius 3 is 2.58 bits per heavy atom. The number of unbranched alkanes of at least 4 members (excludes halogenated alkanes) is 1. The summed E-state index contributed by atoms with van der Waals surface area (Å²) in [7, 11) is 5.60. The van der Waals surface area contributed by atoms with Gasteiger partial charge in [0.1, 0.15) is 0 Å². The number of rotatable bonds is 15. The van der Waals surface area contributed by atoms with Crippen LogP contribution in [0.4, 0.5) is 0 Å². The number of carboxylic acid groups (broad SMARTS) is 1. The van der Waals surface area contributed by atoms with E-state index in [1.165, 1.54) is 0 Å². The normalized spacial score (nSPS) is 19.4. The van der Waals surface area contributed by atoms with Gasteiger partial charge in [-0.05, 0) is 63.7 Å². The lowest BCUT2D eigenvalue weighted by molar-refractivity contribution is -0.144. The van der Waals surface area contributed by atoms with Crippen molar-refractivity contribution in [3.63, 3.8) is 0 Å². The van der Waals surface area contributed by atoms with Crippen molar-refractivity contribution in [2.24, 2.45) is 5.92 Å². The van der Waals surface area contributed by atoms with Gasteiger partial charge in [-0.2, -0.15) is 0 Å². The van der Waals surface area contributed by atoms with Crippen LogP contribution in [0.2, 0.25) is 0 Å². The van der Waals surface area contributed by atoms with Gasteiger partial charge in [0, 0.05) is 55.1 Å². The van der Waals surface area contributed by atoms with Crippen LogP contribution >= 0.6 is 0 Å². The van der Waals surface area contributed by atoms with E-state index < -0.39 is 23.8 Å². The first-order chi connectivity index (χ1) is 21.7. The molecule has 3 heterocycles. The first-order valence-electron chi connectivity index (χ1n) is 15.9. The molecule has 0 unspecified atom stereocenters. The highest BCUT2D eigenvalue weighted by atomic mass is 16.7. The minimum atomic E-state index is -0.924. The molecule has 0 aliphatic carbocycles. The molecule has 2 N–H and O–H groups in total. The molecule has 45 heavy (non-hydrogen) atoms. The zero-order valence-corrected chi connectivity index (χ0v) is 26.8. The van der Waals surface area contributed by atoms with Gasteiger partial charge in [-0.1, -0.05) is 31.5 Å². The standard InChI is InChI=1S/C34H46N4O7/c1-5-6-14-36(15-9-13-35(2)3)30(39)21-38-20-26(24-17-28(43-4)32-29(18-24)44-22-45-32)31(34(41)42)27(38)12-16-37-19-23-10-7-8-11-25(23)33(37)40/h7-8,10-11,17-19,26-27,31,40H,5-6,9,12-16,20-22H2,1-4H3,(H,41,42)/t26-,27+,31-/m1/s1. The zero-order valence-electron chi connectivity index (χ0n) is 26.8. The van der Waals surface area contributed by atoms with Crippen molar-refractivity contribution in [3.05, 3.63) is 48.2 Å². The number of aryl methyl sites for hydroxylation is 1. The molecule has 1 aromatic heterocycles. The first-order valence-corrected chi connectivity index (χ1v) is 15.9. The maximum Gasteiger partial charge on any atom is 0.308 e. The molecule has 3 aromatic rings. The van der Waals surface area contributed by atoms with E-state index in [0.717, 1.165) is 42.1 Å². The van der Waals surface area contributed by atoms with Gasteiger partial charge in [0.05, 0.1) is 19.6 Å². The molecule has 2 aliphatic heterocycles. The Kier molecular flexibility index (Phi) is 10.4. The number of carbonyl (C=O) groups is 2. The summed E-state index contributed by atoms with van der Waals surface area (Å²) in [4.78, 5) is 33.0. The summed E-state index contributed by atoms with van der Waals surface area (Å²) < 4.78 is 18.6. The molecule has 0 bridgehead atoms. The van der Waals surface area contributed by atoms with Gasteiger partial charge in [-0.15, -0.1) is 0 Å². The lowest BCUT2D eigenvalue weighted by atomic mass is 9.84. The molecule has 3 atom stereocenters. The molecule has 1 saturated heterocycles. The van der Waals surface area contributed by atoms with Crippen LogP contribution in [-0.4, -0.2) is 108 Å². The van der Waals surface area contributed by atoms with Crippen molar-refractivity contribution in [2.75, 3.05) is 60.7 Å². The van der Waals surface area contributed by atoms with E-state index in [0.29, 0.717) is 49.8 Å². The van der Waals surface area contributed by atoms with E-state index in [2.05, 4.69) is 11.8 Å². The van der Waals surface area contributed by atoms with E-state index in [-0.39, 0.29) is 25.1 Å². The average Bonchev–Trinajstić information content (AvgIpc) is 3.72. The summed E-state index contributed by atoms with van der Waals surface area (Å²) >= 11 is 0. The molecule has 0 radical (unpaired) electrons. The van der Waals surface area contributed by atoms with Crippen molar-refractivity contribution >= 4 is 22.6 Å². The number of aromatic nitrogens is 1. The summed E-state index contributed by atoms with van der Waals surface area (Å²) in [6.07, 6.45) is 5.08. The number of benzene rings is 2. The molecule has 0 spiro atoms. The van der Waals surface area contributed by atoms with Crippen molar-refractivity contribution in [1.82, 2.24) is 19.3 Å². The molecule has 2 aromatic carbocycles. The smallest absolute Gasteiger partial charge is 0.308 e. The first kappa shape index (κ1) is 32.4. The minimum absolute atomic E-state index is 0.00909. The molecule has 11 nitrogen and oxygen atoms in total. The largest absolute Gasteiger partial charge is 0.494 e. The molecule has 244 valence electrons. The topological polar surface area (TPSA) is 117 Å². The quantitative estimate of drug-likeness (QED) is 0.257. The van der Waals surface area contributed by atoms with Gasteiger partial charge in [0.15, 0.2) is 17.4 Å². The Labute approximate surface area is 264 Å². The number of aliphatic carboxylic acids is 1. The lowest BCUT2D eigenvalue weighted by Gasteiger charge is -2.30. The van der Waals surface area contributed by atoms with E-state index in [1.807, 2.05) is 66.5 Å². The van der Waals surface area contributed by atoms with Crippen molar-refractivity contribution in [2.45, 2.75) is 51.1 Å². The molecule has 1 amide bonds. The minimum Gasteiger partial charge on any atom is -0.494 e. The fourth-order valence-electron chi connectivity index (χ4n) is 6.75. The highest BCUT2D eigenvalue weighted by Gasteiger charge is 2.47. The maximum atomic E-state index is 13.9. The van der Waals surface area contributed by atoms with E-state index in [4.69, 9.17) is 14.2 Å². The number of aromatic hydroxyl groups is 1. The highest BCUT2D eigenvalue weighted by molar-refractivity contribution is 5.87. The van der Waals surface area contributed by atoms with Gasteiger partial charge >= 0.3 is 5.97 Å². The Bertz CT molecular complexity index is 1490. The second kappa shape index (κ2) is 14.4. The van der Waals surface area contributed by atoms with Crippen molar-refractivity contribution in [1.29, 1.82) is 0 Å². The van der Waals surface area contributed by atoms with Gasteiger partial charge in [-0.25, -0.2) is 0 Å². The van der Waals surface area contributed by atoms with E-state index >= 15 is 0 Å². The lowest BCUT2D eigenvalue weighted by Crippen LogP contribution is -2.45. The van der Waals surface area contributed by atoms with Gasteiger partial charge in [-0.3, -0.25) is 14.5 Å². The Hall–Kier alpha value is -3.96. The zero-order chi connectivity index (χ0) is 32.1. The molecule has 5 rings (SSSR count). The van der Waals surface area contributed by atoms with Gasteiger partial charge in [0.25, 0.3) is 0 Å². The summed E-state index contributed by atoms with van der Waals surface area (Å²) in [6, 6.07) is 10.8. The van der Waals surface area contributed by atoms with Crippen LogP contribution in [0.3, 0.4) is 0 Å². The van der Waals surface area contributed by atoms with Crippen molar-refractivity contribution in [3.8, 4) is 23.1 Å². The predicted octanol–water partition coefficient (Wildman–Crippen LogP) is 4.22. The monoisotopic (exact) mass is 622 g/mol. The summed E-state index contributed by atoms with van der Waals surface area (Å²) in [5.41, 5.74) is 0.770. The molecule has 11 heteroatoms. The molecular formula is C34H46N4O7. The van der Waals surface area contributed by atoms with Gasteiger partial charge < -0.3 is 38.8 Å². The number of carbonyl (C=O) groups excluding carboxylic acids is 1. The third-order valence-electron chi connectivity index (χ3n) is 9.08. The summed E-state index contributed by atoms with van der Waals surface area (Å²) in [5, 5.41) is 23.3. The maximum absolute atomic E-state index is 13.9. The highest BCUT2D eigenvalue weighted by Crippen LogP contribution is 2.47. The fourth-order valence-corrected chi connectivity index (χ4v) is 6.75. The second-order valence-corrected chi connectivity index (χ2v) is 12.3. The van der Waals surface area contributed by atoms with Crippen LogP contribution in [0, 0.1) is 5.92 Å². The SMILES string of the molecule is CCCCN(CCCN(C)C)C(=O)CN1C[C@H](c2cc(OC)c3c(c2)OCO3)[C@@H](C(=O)O)[C@@H]1CCn1cc2ccccc2c1O. The van der Waals surface area contributed by atoms with E-state index in [9.17, 15) is 19.8 Å². The fraction of sp³-hybridized carbons (Fsp3) is 0.529. The number of likely N-dealkylation sites (tertiary alicyclic amines) is 1. The summed E-state index contributed by atoms with van der Waals surface area (Å²) in [6.45, 7) is 5.31. The summed E-state index contributed by atoms with van der Waals surface area (Å²) in [5.74, 6) is -0.453. The second-order valence-electron chi connectivity index (χ2n) is 12.3. The van der Waals surface area contributed by atoms with Crippen LogP contribution < -0.4 is 14.2 Å². The average molecular weight is 623 g/mol. The Balaban J connectivity index is 1.44. The van der Waals surface area contributed by atoms with Gasteiger partial charge in [0.2, 0.25) is 18.4 Å². The van der Waals surface area contributed by atoms with Crippen LogP contribution in [0.25, 0.3) is 10.8 Å². The molecule has 1 fully saturated rings. The predicted molar refractivity (Wildman–Crippen MR) is 171 cm³/mol. The van der Waals surface area contributed by atoms with Crippen molar-refractivity contribution < 1.29 is 34.0 Å². The number of amides is 1. The third-order valence-corrected chi connectivity index (χ3v) is 9.08.